The number of nitrogens with zero attached hydrogens (tertiary/aromatic N) is 1. The maximum absolute atomic E-state index is 5.77. The van der Waals surface area contributed by atoms with Crippen LogP contribution < -0.4 is 9.64 Å². The van der Waals surface area contributed by atoms with Gasteiger partial charge in [-0.2, -0.15) is 0 Å². The van der Waals surface area contributed by atoms with Crippen molar-refractivity contribution in [1.29, 1.82) is 0 Å². The first-order valence-electron chi connectivity index (χ1n) is 6.03. The Bertz CT molecular complexity index is 377. The van der Waals surface area contributed by atoms with Crippen molar-refractivity contribution < 1.29 is 9.47 Å². The summed E-state index contributed by atoms with van der Waals surface area (Å²) in [7, 11) is 0. The van der Waals surface area contributed by atoms with Gasteiger partial charge in [0, 0.05) is 13.2 Å². The minimum Gasteiger partial charge on any atom is -0.487 e. The zero-order valence-corrected chi connectivity index (χ0v) is 9.61. The third kappa shape index (κ3) is 1.47. The lowest BCUT2D eigenvalue weighted by atomic mass is 10.00. The number of para-hydroxylation sites is 1. The van der Waals surface area contributed by atoms with E-state index in [0.29, 0.717) is 6.61 Å². The monoisotopic (exact) mass is 219 g/mol. The minimum atomic E-state index is 0.0962. The van der Waals surface area contributed by atoms with Crippen LogP contribution in [0.5, 0.6) is 5.75 Å². The molecule has 3 rings (SSSR count). The van der Waals surface area contributed by atoms with Gasteiger partial charge in [-0.25, -0.2) is 0 Å². The van der Waals surface area contributed by atoms with Crippen molar-refractivity contribution in [2.75, 3.05) is 24.7 Å². The molecule has 0 amide bonds. The molecule has 3 nitrogen and oxygen atoms in total. The van der Waals surface area contributed by atoms with Gasteiger partial charge in [-0.1, -0.05) is 12.1 Å². The zero-order chi connectivity index (χ0) is 11.0. The van der Waals surface area contributed by atoms with E-state index >= 15 is 0 Å². The fraction of sp³-hybridized carbons (Fsp3) is 0.538. The Morgan fingerprint density at radius 3 is 3.31 bits per heavy atom. The molecule has 2 heterocycles. The topological polar surface area (TPSA) is 21.7 Å². The van der Waals surface area contributed by atoms with E-state index in [2.05, 4.69) is 23.1 Å². The Morgan fingerprint density at radius 1 is 1.50 bits per heavy atom. The molecule has 0 fully saturated rings. The standard InChI is InChI=1S/C13H17NO2/c1-2-15-12-9-16-11-7-3-5-10-6-4-8-14(12)13(10)11/h3,5,7,12H,2,4,6,8-9H2,1H3. The van der Waals surface area contributed by atoms with E-state index in [-0.39, 0.29) is 6.23 Å². The normalized spacial score (nSPS) is 22.6. The average molecular weight is 219 g/mol. The molecule has 0 aromatic heterocycles. The molecule has 0 saturated carbocycles. The lowest BCUT2D eigenvalue weighted by Gasteiger charge is -2.41. The summed E-state index contributed by atoms with van der Waals surface area (Å²) in [5, 5.41) is 0. The molecule has 1 aromatic carbocycles. The van der Waals surface area contributed by atoms with Crippen LogP contribution in [0, 0.1) is 0 Å². The summed E-state index contributed by atoms with van der Waals surface area (Å²) < 4.78 is 11.5. The van der Waals surface area contributed by atoms with E-state index in [0.717, 1.165) is 25.3 Å². The zero-order valence-electron chi connectivity index (χ0n) is 9.61. The van der Waals surface area contributed by atoms with E-state index in [1.54, 1.807) is 0 Å². The number of ether oxygens (including phenoxy) is 2. The van der Waals surface area contributed by atoms with Crippen LogP contribution in [0.15, 0.2) is 18.2 Å². The SMILES string of the molecule is CCOC1COc2cccc3c2N1CCC3. The van der Waals surface area contributed by atoms with Crippen molar-refractivity contribution in [3.63, 3.8) is 0 Å². The van der Waals surface area contributed by atoms with Crippen molar-refractivity contribution in [2.24, 2.45) is 0 Å². The number of rotatable bonds is 2. The molecular formula is C13H17NO2. The molecule has 1 unspecified atom stereocenters. The van der Waals surface area contributed by atoms with Gasteiger partial charge in [-0.3, -0.25) is 0 Å². The van der Waals surface area contributed by atoms with Crippen LogP contribution in [0.3, 0.4) is 0 Å². The third-order valence-electron chi connectivity index (χ3n) is 3.30. The molecule has 0 spiro atoms. The average Bonchev–Trinajstić information content (AvgIpc) is 2.33. The van der Waals surface area contributed by atoms with Crippen LogP contribution in [0.2, 0.25) is 0 Å². The summed E-state index contributed by atoms with van der Waals surface area (Å²) in [5.41, 5.74) is 2.66. The Kier molecular flexibility index (Phi) is 2.48. The Hall–Kier alpha value is -1.22. The largest absolute Gasteiger partial charge is 0.487 e. The van der Waals surface area contributed by atoms with Crippen LogP contribution in [0.4, 0.5) is 5.69 Å². The van der Waals surface area contributed by atoms with Crippen LogP contribution in [0.1, 0.15) is 18.9 Å². The van der Waals surface area contributed by atoms with Gasteiger partial charge in [0.2, 0.25) is 0 Å². The molecule has 1 aromatic rings. The van der Waals surface area contributed by atoms with E-state index in [4.69, 9.17) is 9.47 Å². The number of hydrogen-bond acceptors (Lipinski definition) is 3. The van der Waals surface area contributed by atoms with Gasteiger partial charge in [0.25, 0.3) is 0 Å². The lowest BCUT2D eigenvalue weighted by Crippen LogP contribution is -2.47. The molecule has 0 saturated heterocycles. The highest BCUT2D eigenvalue weighted by molar-refractivity contribution is 5.66. The summed E-state index contributed by atoms with van der Waals surface area (Å²) >= 11 is 0. The second kappa shape index (κ2) is 3.98. The Labute approximate surface area is 96.0 Å². The van der Waals surface area contributed by atoms with Crippen molar-refractivity contribution in [2.45, 2.75) is 26.0 Å². The molecule has 0 aliphatic carbocycles. The third-order valence-corrected chi connectivity index (χ3v) is 3.30. The van der Waals surface area contributed by atoms with E-state index in [1.807, 2.05) is 6.92 Å². The summed E-state index contributed by atoms with van der Waals surface area (Å²) in [6.45, 7) is 4.50. The second-order valence-corrected chi connectivity index (χ2v) is 4.28. The molecule has 16 heavy (non-hydrogen) atoms. The molecular weight excluding hydrogens is 202 g/mol. The second-order valence-electron chi connectivity index (χ2n) is 4.28. The first-order chi connectivity index (χ1) is 7.90. The summed E-state index contributed by atoms with van der Waals surface area (Å²) in [6, 6.07) is 6.33. The first-order valence-corrected chi connectivity index (χ1v) is 6.03. The quantitative estimate of drug-likeness (QED) is 0.761. The predicted molar refractivity (Wildman–Crippen MR) is 63.0 cm³/mol. The lowest BCUT2D eigenvalue weighted by molar-refractivity contribution is 0.0162. The molecule has 0 N–H and O–H groups in total. The Morgan fingerprint density at radius 2 is 2.44 bits per heavy atom. The summed E-state index contributed by atoms with van der Waals surface area (Å²) in [5.74, 6) is 1.02. The molecule has 86 valence electrons. The minimum absolute atomic E-state index is 0.0962. The van der Waals surface area contributed by atoms with Crippen molar-refractivity contribution in [3.8, 4) is 5.75 Å². The number of benzene rings is 1. The van der Waals surface area contributed by atoms with Crippen molar-refractivity contribution in [3.05, 3.63) is 23.8 Å². The van der Waals surface area contributed by atoms with E-state index in [1.165, 1.54) is 17.7 Å². The highest BCUT2D eigenvalue weighted by Crippen LogP contribution is 2.40. The molecule has 1 atom stereocenters. The van der Waals surface area contributed by atoms with Gasteiger partial charge in [0.05, 0.1) is 5.69 Å². The first kappa shape index (κ1) is 9.97. The maximum Gasteiger partial charge on any atom is 0.164 e. The summed E-state index contributed by atoms with van der Waals surface area (Å²) in [4.78, 5) is 2.36. The number of aryl methyl sites for hydroxylation is 1. The van der Waals surface area contributed by atoms with Crippen LogP contribution >= 0.6 is 0 Å². The Balaban J connectivity index is 2.00. The highest BCUT2D eigenvalue weighted by Gasteiger charge is 2.31. The van der Waals surface area contributed by atoms with E-state index < -0.39 is 0 Å². The molecule has 0 radical (unpaired) electrons. The van der Waals surface area contributed by atoms with Gasteiger partial charge < -0.3 is 14.4 Å². The van der Waals surface area contributed by atoms with Gasteiger partial charge >= 0.3 is 0 Å². The van der Waals surface area contributed by atoms with Crippen molar-refractivity contribution in [1.82, 2.24) is 0 Å². The predicted octanol–water partition coefficient (Wildman–Crippen LogP) is 2.19. The molecule has 2 aliphatic rings. The number of hydrogen-bond donors (Lipinski definition) is 0. The molecule has 3 heteroatoms. The highest BCUT2D eigenvalue weighted by atomic mass is 16.5. The van der Waals surface area contributed by atoms with E-state index in [9.17, 15) is 0 Å². The van der Waals surface area contributed by atoms with Gasteiger partial charge in [0.1, 0.15) is 12.4 Å². The fourth-order valence-corrected chi connectivity index (χ4v) is 2.63. The molecule has 2 aliphatic heterocycles. The van der Waals surface area contributed by atoms with Gasteiger partial charge in [-0.05, 0) is 31.4 Å². The van der Waals surface area contributed by atoms with Crippen LogP contribution in [0.25, 0.3) is 0 Å². The number of anilines is 1. The smallest absolute Gasteiger partial charge is 0.164 e. The van der Waals surface area contributed by atoms with Crippen molar-refractivity contribution >= 4 is 5.69 Å². The molecule has 0 bridgehead atoms. The summed E-state index contributed by atoms with van der Waals surface area (Å²) in [6.07, 6.45) is 2.46. The maximum atomic E-state index is 5.77. The van der Waals surface area contributed by atoms with Gasteiger partial charge in [0.15, 0.2) is 6.23 Å². The van der Waals surface area contributed by atoms with Crippen LogP contribution in [-0.4, -0.2) is 26.0 Å². The van der Waals surface area contributed by atoms with Gasteiger partial charge in [-0.15, -0.1) is 0 Å². The fourth-order valence-electron chi connectivity index (χ4n) is 2.63. The van der Waals surface area contributed by atoms with Crippen LogP contribution in [-0.2, 0) is 11.2 Å².